The van der Waals surface area contributed by atoms with Crippen LogP contribution in [0.1, 0.15) is 25.7 Å². The van der Waals surface area contributed by atoms with E-state index in [1.807, 2.05) is 0 Å². The molecule has 1 heterocycles. The minimum absolute atomic E-state index is 0.166. The molecule has 0 saturated heterocycles. The molecule has 1 aromatic heterocycles. The quantitative estimate of drug-likeness (QED) is 0.714. The van der Waals surface area contributed by atoms with E-state index in [0.29, 0.717) is 23.1 Å². The lowest BCUT2D eigenvalue weighted by molar-refractivity contribution is 0.220. The van der Waals surface area contributed by atoms with Crippen LogP contribution in [-0.2, 0) is 10.0 Å². The van der Waals surface area contributed by atoms with E-state index in [9.17, 15) is 8.42 Å². The second-order valence-electron chi connectivity index (χ2n) is 4.30. The van der Waals surface area contributed by atoms with Crippen LogP contribution in [0.3, 0.4) is 0 Å². The Balaban J connectivity index is 2.22. The summed E-state index contributed by atoms with van der Waals surface area (Å²) in [6.07, 6.45) is 3.75. The third-order valence-corrected chi connectivity index (χ3v) is 7.42. The summed E-state index contributed by atoms with van der Waals surface area (Å²) in [5.74, 6) is 0.493. The molecule has 0 unspecified atom stereocenters. The molecule has 3 nitrogen and oxygen atoms in total. The fraction of sp³-hybridized carbons (Fsp3) is 0.636. The van der Waals surface area contributed by atoms with Crippen LogP contribution < -0.4 is 0 Å². The van der Waals surface area contributed by atoms with Crippen molar-refractivity contribution in [1.82, 2.24) is 4.31 Å². The Kier molecular flexibility index (Phi) is 5.11. The summed E-state index contributed by atoms with van der Waals surface area (Å²) in [7, 11) is -3.35. The maximum Gasteiger partial charge on any atom is 0.252 e. The van der Waals surface area contributed by atoms with E-state index < -0.39 is 10.0 Å². The molecule has 0 N–H and O–H groups in total. The van der Waals surface area contributed by atoms with E-state index >= 15 is 0 Å². The first kappa shape index (κ1) is 14.8. The molecule has 102 valence electrons. The molecule has 7 heteroatoms. The fourth-order valence-corrected chi connectivity index (χ4v) is 5.92. The van der Waals surface area contributed by atoms with Gasteiger partial charge in [-0.05, 0) is 47.3 Å². The first-order valence-electron chi connectivity index (χ1n) is 5.89. The molecule has 0 spiro atoms. The minimum atomic E-state index is -3.35. The molecule has 1 saturated carbocycles. The van der Waals surface area contributed by atoms with Crippen molar-refractivity contribution in [3.63, 3.8) is 0 Å². The van der Waals surface area contributed by atoms with Gasteiger partial charge in [-0.1, -0.05) is 6.42 Å². The molecule has 0 radical (unpaired) electrons. The second kappa shape index (κ2) is 6.22. The average Bonchev–Trinajstić information content (AvgIpc) is 2.68. The minimum Gasteiger partial charge on any atom is -0.206 e. The van der Waals surface area contributed by atoms with Crippen LogP contribution >= 0.6 is 38.9 Å². The number of rotatable bonds is 6. The summed E-state index contributed by atoms with van der Waals surface area (Å²) < 4.78 is 28.0. The molecule has 1 fully saturated rings. The third kappa shape index (κ3) is 3.10. The van der Waals surface area contributed by atoms with Crippen molar-refractivity contribution in [1.29, 1.82) is 0 Å². The smallest absolute Gasteiger partial charge is 0.206 e. The number of nitrogens with zero attached hydrogens (tertiary/aromatic N) is 1. The van der Waals surface area contributed by atoms with E-state index in [1.165, 1.54) is 11.3 Å². The lowest BCUT2D eigenvalue weighted by Gasteiger charge is -2.36. The van der Waals surface area contributed by atoms with E-state index in [4.69, 9.17) is 11.6 Å². The van der Waals surface area contributed by atoms with Crippen LogP contribution in [0, 0.1) is 0 Å². The van der Waals surface area contributed by atoms with Gasteiger partial charge in [0.2, 0.25) is 0 Å². The average molecular weight is 373 g/mol. The highest BCUT2D eigenvalue weighted by atomic mass is 79.9. The van der Waals surface area contributed by atoms with Gasteiger partial charge >= 0.3 is 0 Å². The van der Waals surface area contributed by atoms with Crippen molar-refractivity contribution in [2.45, 2.75) is 35.9 Å². The van der Waals surface area contributed by atoms with Crippen LogP contribution in [0.2, 0.25) is 0 Å². The second-order valence-corrected chi connectivity index (χ2v) is 9.26. The molecule has 1 aliphatic rings. The maximum atomic E-state index is 12.6. The maximum absolute atomic E-state index is 12.6. The zero-order valence-electron chi connectivity index (χ0n) is 9.81. The Morgan fingerprint density at radius 2 is 2.17 bits per heavy atom. The number of alkyl halides is 1. The third-order valence-electron chi connectivity index (χ3n) is 3.11. The molecular formula is C11H15BrClNO2S2. The van der Waals surface area contributed by atoms with Crippen molar-refractivity contribution in [3.8, 4) is 0 Å². The molecule has 0 aromatic carbocycles. The number of hydrogen-bond acceptors (Lipinski definition) is 3. The standard InChI is InChI=1S/C11H15BrClNO2S2/c12-10-5-6-11(17-10)18(15,16)14(8-2-7-13)9-3-1-4-9/h5-6,9H,1-4,7-8H2. The van der Waals surface area contributed by atoms with Gasteiger partial charge in [-0.3, -0.25) is 0 Å². The van der Waals surface area contributed by atoms with Gasteiger partial charge in [0.1, 0.15) is 4.21 Å². The number of hydrogen-bond donors (Lipinski definition) is 0. The van der Waals surface area contributed by atoms with Crippen LogP contribution in [-0.4, -0.2) is 31.2 Å². The van der Waals surface area contributed by atoms with Gasteiger partial charge in [0, 0.05) is 18.5 Å². The highest BCUT2D eigenvalue weighted by molar-refractivity contribution is 9.11. The van der Waals surface area contributed by atoms with Gasteiger partial charge in [0.05, 0.1) is 3.79 Å². The summed E-state index contributed by atoms with van der Waals surface area (Å²) >= 11 is 10.3. The monoisotopic (exact) mass is 371 g/mol. The summed E-state index contributed by atoms with van der Waals surface area (Å²) in [6, 6.07) is 3.60. The first-order chi connectivity index (χ1) is 8.55. The molecule has 18 heavy (non-hydrogen) atoms. The van der Waals surface area contributed by atoms with Crippen molar-refractivity contribution in [2.24, 2.45) is 0 Å². The van der Waals surface area contributed by atoms with E-state index in [0.717, 1.165) is 23.0 Å². The van der Waals surface area contributed by atoms with Crippen molar-refractivity contribution in [3.05, 3.63) is 15.9 Å². The molecule has 0 aliphatic heterocycles. The number of halogens is 2. The van der Waals surface area contributed by atoms with Crippen LogP contribution in [0.25, 0.3) is 0 Å². The predicted octanol–water partition coefficient (Wildman–Crippen LogP) is 3.68. The summed E-state index contributed by atoms with van der Waals surface area (Å²) in [5, 5.41) is 0. The zero-order chi connectivity index (χ0) is 13.2. The summed E-state index contributed by atoms with van der Waals surface area (Å²) in [6.45, 7) is 0.520. The fourth-order valence-electron chi connectivity index (χ4n) is 1.94. The Morgan fingerprint density at radius 1 is 1.44 bits per heavy atom. The van der Waals surface area contributed by atoms with Gasteiger partial charge in [-0.2, -0.15) is 4.31 Å². The van der Waals surface area contributed by atoms with Crippen LogP contribution in [0.4, 0.5) is 0 Å². The van der Waals surface area contributed by atoms with Crippen molar-refractivity contribution >= 4 is 48.9 Å². The van der Waals surface area contributed by atoms with E-state index in [1.54, 1.807) is 16.4 Å². The highest BCUT2D eigenvalue weighted by Gasteiger charge is 2.35. The Morgan fingerprint density at radius 3 is 2.61 bits per heavy atom. The molecule has 0 amide bonds. The van der Waals surface area contributed by atoms with Crippen molar-refractivity contribution in [2.75, 3.05) is 12.4 Å². The molecule has 0 bridgehead atoms. The molecular weight excluding hydrogens is 358 g/mol. The highest BCUT2D eigenvalue weighted by Crippen LogP contribution is 2.34. The predicted molar refractivity (Wildman–Crippen MR) is 78.9 cm³/mol. The Hall–Kier alpha value is 0.380. The van der Waals surface area contributed by atoms with Gasteiger partial charge in [-0.15, -0.1) is 22.9 Å². The van der Waals surface area contributed by atoms with Gasteiger partial charge < -0.3 is 0 Å². The summed E-state index contributed by atoms with van der Waals surface area (Å²) in [4.78, 5) is 0. The summed E-state index contributed by atoms with van der Waals surface area (Å²) in [5.41, 5.74) is 0. The normalized spacial score (nSPS) is 17.1. The van der Waals surface area contributed by atoms with E-state index in [2.05, 4.69) is 15.9 Å². The van der Waals surface area contributed by atoms with Gasteiger partial charge in [0.15, 0.2) is 0 Å². The lowest BCUT2D eigenvalue weighted by atomic mass is 9.93. The molecule has 1 aliphatic carbocycles. The first-order valence-corrected chi connectivity index (χ1v) is 9.47. The molecule has 1 aromatic rings. The number of sulfonamides is 1. The SMILES string of the molecule is O=S(=O)(c1ccc(Br)s1)N(CCCCl)C1CCC1. The van der Waals surface area contributed by atoms with Crippen molar-refractivity contribution < 1.29 is 8.42 Å². The van der Waals surface area contributed by atoms with Gasteiger partial charge in [-0.25, -0.2) is 8.42 Å². The topological polar surface area (TPSA) is 37.4 Å². The zero-order valence-corrected chi connectivity index (χ0v) is 13.8. The molecule has 0 atom stereocenters. The molecule has 2 rings (SSSR count). The largest absolute Gasteiger partial charge is 0.252 e. The van der Waals surface area contributed by atoms with Crippen LogP contribution in [0.5, 0.6) is 0 Å². The Bertz CT molecular complexity index is 499. The Labute approximate surface area is 125 Å². The van der Waals surface area contributed by atoms with E-state index in [-0.39, 0.29) is 6.04 Å². The number of thiophene rings is 1. The lowest BCUT2D eigenvalue weighted by Crippen LogP contribution is -2.44. The van der Waals surface area contributed by atoms with Crippen LogP contribution in [0.15, 0.2) is 20.1 Å². The van der Waals surface area contributed by atoms with Gasteiger partial charge in [0.25, 0.3) is 10.0 Å².